The molecule has 0 unspecified atom stereocenters. The van der Waals surface area contributed by atoms with Gasteiger partial charge in [-0.15, -0.1) is 0 Å². The predicted molar refractivity (Wildman–Crippen MR) is 108 cm³/mol. The molecule has 1 aromatic heterocycles. The number of imide groups is 1. The molecule has 1 atom stereocenters. The van der Waals surface area contributed by atoms with Crippen molar-refractivity contribution in [1.82, 2.24) is 14.9 Å². The Hall–Kier alpha value is -2.88. The quantitative estimate of drug-likeness (QED) is 0.429. The lowest BCUT2D eigenvalue weighted by atomic mass is 10.1. The van der Waals surface area contributed by atoms with E-state index in [0.717, 1.165) is 18.9 Å². The highest BCUT2D eigenvalue weighted by Crippen LogP contribution is 2.24. The number of amides is 2. The van der Waals surface area contributed by atoms with Gasteiger partial charge >= 0.3 is 12.1 Å². The van der Waals surface area contributed by atoms with E-state index in [1.54, 1.807) is 6.92 Å². The van der Waals surface area contributed by atoms with Gasteiger partial charge in [-0.1, -0.05) is 25.6 Å². The number of rotatable bonds is 6. The number of methoxy groups -OCH3 is 2. The predicted octanol–water partition coefficient (Wildman–Crippen LogP) is 2.20. The average molecular weight is 421 g/mol. The summed E-state index contributed by atoms with van der Waals surface area (Å²) in [5, 5.41) is 2.04. The molecule has 2 amide bonds. The van der Waals surface area contributed by atoms with Crippen LogP contribution in [0, 0.1) is 5.92 Å². The Balaban J connectivity index is 2.52. The molecule has 2 aromatic rings. The van der Waals surface area contributed by atoms with Crippen LogP contribution in [0.2, 0.25) is 0 Å². The molecule has 9 nitrogen and oxygen atoms in total. The Bertz CT molecular complexity index is 1000. The number of esters is 1. The van der Waals surface area contributed by atoms with Crippen molar-refractivity contribution in [3.8, 4) is 0 Å². The molecule has 0 aliphatic carbocycles. The number of thioether (sulfide) groups is 1. The first-order valence-electron chi connectivity index (χ1n) is 8.86. The zero-order valence-electron chi connectivity index (χ0n) is 16.8. The lowest BCUT2D eigenvalue weighted by molar-refractivity contribution is -0.119. The maximum absolute atomic E-state index is 13.0. The van der Waals surface area contributed by atoms with Gasteiger partial charge in [-0.3, -0.25) is 19.5 Å². The molecular weight excluding hydrogens is 398 g/mol. The van der Waals surface area contributed by atoms with Crippen LogP contribution in [-0.4, -0.2) is 47.0 Å². The van der Waals surface area contributed by atoms with E-state index in [9.17, 15) is 19.2 Å². The monoisotopic (exact) mass is 421 g/mol. The van der Waals surface area contributed by atoms with Crippen LogP contribution in [-0.2, 0) is 20.8 Å². The van der Waals surface area contributed by atoms with Gasteiger partial charge in [-0.25, -0.2) is 14.6 Å². The summed E-state index contributed by atoms with van der Waals surface area (Å²) >= 11 is 1.04. The fourth-order valence-corrected chi connectivity index (χ4v) is 3.44. The first kappa shape index (κ1) is 22.4. The van der Waals surface area contributed by atoms with Crippen LogP contribution in [0.4, 0.5) is 4.79 Å². The Morgan fingerprint density at radius 2 is 1.86 bits per heavy atom. The Morgan fingerprint density at radius 1 is 1.17 bits per heavy atom. The second-order valence-electron chi connectivity index (χ2n) is 6.67. The average Bonchev–Trinajstić information content (AvgIpc) is 2.69. The van der Waals surface area contributed by atoms with Gasteiger partial charge < -0.3 is 9.47 Å². The van der Waals surface area contributed by atoms with Crippen LogP contribution in [0.25, 0.3) is 10.9 Å². The molecule has 0 fully saturated rings. The van der Waals surface area contributed by atoms with Gasteiger partial charge in [-0.05, 0) is 31.0 Å². The van der Waals surface area contributed by atoms with Gasteiger partial charge in [0, 0.05) is 6.54 Å². The zero-order chi connectivity index (χ0) is 21.7. The fraction of sp³-hybridized carbons (Fsp3) is 0.421. The minimum Gasteiger partial charge on any atom is -0.465 e. The van der Waals surface area contributed by atoms with Crippen LogP contribution < -0.4 is 10.9 Å². The van der Waals surface area contributed by atoms with Crippen LogP contribution in [0.1, 0.15) is 31.1 Å². The molecule has 156 valence electrons. The number of carbonyl (C=O) groups excluding carboxylic acids is 3. The fourth-order valence-electron chi connectivity index (χ4n) is 2.53. The van der Waals surface area contributed by atoms with Crippen molar-refractivity contribution in [2.45, 2.75) is 37.7 Å². The molecule has 1 heterocycles. The maximum atomic E-state index is 13.0. The van der Waals surface area contributed by atoms with Crippen LogP contribution >= 0.6 is 11.8 Å². The first-order valence-corrected chi connectivity index (χ1v) is 9.74. The van der Waals surface area contributed by atoms with Crippen molar-refractivity contribution < 1.29 is 23.9 Å². The van der Waals surface area contributed by atoms with Crippen LogP contribution in [0.15, 0.2) is 28.2 Å². The summed E-state index contributed by atoms with van der Waals surface area (Å²) in [4.78, 5) is 52.8. The Kier molecular flexibility index (Phi) is 7.38. The number of benzene rings is 1. The van der Waals surface area contributed by atoms with Crippen molar-refractivity contribution in [3.05, 3.63) is 34.1 Å². The van der Waals surface area contributed by atoms with Crippen molar-refractivity contribution in [2.75, 3.05) is 14.2 Å². The molecule has 0 saturated carbocycles. The summed E-state index contributed by atoms with van der Waals surface area (Å²) in [6.07, 6.45) is -0.865. The molecule has 0 bridgehead atoms. The first-order chi connectivity index (χ1) is 13.7. The molecular formula is C19H23N3O6S. The minimum atomic E-state index is -0.865. The SMILES string of the molecule is COC(=O)NC(=O)[C@H](C)Sc1nc2cc(C(=O)OC)ccc2c(=O)n1CC(C)C. The van der Waals surface area contributed by atoms with Gasteiger partial charge in [0.25, 0.3) is 5.56 Å². The van der Waals surface area contributed by atoms with Crippen LogP contribution in [0.3, 0.4) is 0 Å². The third kappa shape index (κ3) is 5.35. The number of hydrogen-bond acceptors (Lipinski definition) is 8. The summed E-state index contributed by atoms with van der Waals surface area (Å²) in [6, 6.07) is 4.53. The number of fused-ring (bicyclic) bond motifs is 1. The highest BCUT2D eigenvalue weighted by Gasteiger charge is 2.22. The second kappa shape index (κ2) is 9.55. The van der Waals surface area contributed by atoms with Crippen molar-refractivity contribution >= 4 is 40.6 Å². The second-order valence-corrected chi connectivity index (χ2v) is 7.98. The van der Waals surface area contributed by atoms with Crippen molar-refractivity contribution in [3.63, 3.8) is 0 Å². The van der Waals surface area contributed by atoms with E-state index >= 15 is 0 Å². The Labute approximate surface area is 171 Å². The zero-order valence-corrected chi connectivity index (χ0v) is 17.7. The highest BCUT2D eigenvalue weighted by atomic mass is 32.2. The number of alkyl carbamates (subject to hydrolysis) is 1. The van der Waals surface area contributed by atoms with Gasteiger partial charge in [0.2, 0.25) is 5.91 Å². The number of ether oxygens (including phenoxy) is 2. The topological polar surface area (TPSA) is 117 Å². The molecule has 1 aromatic carbocycles. The smallest absolute Gasteiger partial charge is 0.413 e. The van der Waals surface area contributed by atoms with E-state index in [4.69, 9.17) is 4.74 Å². The molecule has 0 saturated heterocycles. The van der Waals surface area contributed by atoms with Crippen LogP contribution in [0.5, 0.6) is 0 Å². The number of nitrogens with zero attached hydrogens (tertiary/aromatic N) is 2. The molecule has 2 rings (SSSR count). The summed E-state index contributed by atoms with van der Waals surface area (Å²) in [7, 11) is 2.42. The Morgan fingerprint density at radius 3 is 2.45 bits per heavy atom. The van der Waals surface area contributed by atoms with E-state index in [0.29, 0.717) is 22.6 Å². The van der Waals surface area contributed by atoms with Gasteiger partial charge in [0.1, 0.15) is 0 Å². The normalized spacial score (nSPS) is 11.9. The van der Waals surface area contributed by atoms with Gasteiger partial charge in [0.05, 0.1) is 35.9 Å². The molecule has 0 spiro atoms. The lowest BCUT2D eigenvalue weighted by Gasteiger charge is -2.17. The highest BCUT2D eigenvalue weighted by molar-refractivity contribution is 8.00. The summed E-state index contributed by atoms with van der Waals surface area (Å²) in [6.45, 7) is 5.90. The minimum absolute atomic E-state index is 0.153. The largest absolute Gasteiger partial charge is 0.465 e. The van der Waals surface area contributed by atoms with E-state index in [1.807, 2.05) is 13.8 Å². The standard InChI is InChI=1S/C19H23N3O6S/c1-10(2)9-22-16(24)13-7-6-12(17(25)27-4)8-14(13)20-18(22)29-11(3)15(23)21-19(26)28-5/h6-8,10-11H,9H2,1-5H3,(H,21,23,26)/t11-/m0/s1. The molecule has 0 aliphatic heterocycles. The van der Waals surface area contributed by atoms with E-state index < -0.39 is 23.2 Å². The van der Waals surface area contributed by atoms with Gasteiger partial charge in [-0.2, -0.15) is 0 Å². The molecule has 29 heavy (non-hydrogen) atoms. The van der Waals surface area contributed by atoms with E-state index in [1.165, 1.54) is 29.9 Å². The van der Waals surface area contributed by atoms with Gasteiger partial charge in [0.15, 0.2) is 5.16 Å². The number of carbonyl (C=O) groups is 3. The van der Waals surface area contributed by atoms with E-state index in [2.05, 4.69) is 15.0 Å². The molecule has 10 heteroatoms. The number of nitrogens with one attached hydrogen (secondary N) is 1. The summed E-state index contributed by atoms with van der Waals surface area (Å²) in [5.41, 5.74) is 0.310. The number of aromatic nitrogens is 2. The lowest BCUT2D eigenvalue weighted by Crippen LogP contribution is -2.36. The molecule has 1 N–H and O–H groups in total. The van der Waals surface area contributed by atoms with E-state index in [-0.39, 0.29) is 17.0 Å². The summed E-state index contributed by atoms with van der Waals surface area (Å²) in [5.74, 6) is -0.962. The third-order valence-electron chi connectivity index (χ3n) is 3.95. The maximum Gasteiger partial charge on any atom is 0.413 e. The van der Waals surface area contributed by atoms with Crippen molar-refractivity contribution in [1.29, 1.82) is 0 Å². The van der Waals surface area contributed by atoms with Crippen molar-refractivity contribution in [2.24, 2.45) is 5.92 Å². The third-order valence-corrected chi connectivity index (χ3v) is 5.04. The molecule has 0 aliphatic rings. The molecule has 0 radical (unpaired) electrons. The number of hydrogen-bond donors (Lipinski definition) is 1. The summed E-state index contributed by atoms with van der Waals surface area (Å²) < 4.78 is 10.6.